The van der Waals surface area contributed by atoms with Crippen molar-refractivity contribution < 1.29 is 4.79 Å². The molecule has 1 N–H and O–H groups in total. The largest absolute Gasteiger partial charge is 0.353 e. The van der Waals surface area contributed by atoms with Crippen molar-refractivity contribution >= 4 is 5.91 Å². The maximum atomic E-state index is 11.5. The molecule has 2 nitrogen and oxygen atoms in total. The summed E-state index contributed by atoms with van der Waals surface area (Å²) >= 11 is 0. The van der Waals surface area contributed by atoms with Crippen LogP contribution in [0.4, 0.5) is 0 Å². The molecule has 0 aromatic heterocycles. The van der Waals surface area contributed by atoms with Gasteiger partial charge >= 0.3 is 0 Å². The smallest absolute Gasteiger partial charge is 0.243 e. The molecule has 1 amide bonds. The number of carbonyl (C=O) groups is 1. The molecular formula is C22H37NO. The lowest BCUT2D eigenvalue weighted by Crippen LogP contribution is -2.20. The summed E-state index contributed by atoms with van der Waals surface area (Å²) in [6, 6.07) is 0. The van der Waals surface area contributed by atoms with E-state index in [1.54, 1.807) is 6.08 Å². The fourth-order valence-electron chi connectivity index (χ4n) is 2.41. The first kappa shape index (κ1) is 22.4. The molecule has 0 aromatic rings. The first-order valence-electron chi connectivity index (χ1n) is 9.24. The van der Waals surface area contributed by atoms with Gasteiger partial charge in [0.2, 0.25) is 5.91 Å². The molecule has 136 valence electrons. The minimum atomic E-state index is 0.0180. The Kier molecular flexibility index (Phi) is 12.9. The summed E-state index contributed by atoms with van der Waals surface area (Å²) in [4.78, 5) is 11.5. The molecule has 0 saturated heterocycles. The molecule has 0 radical (unpaired) electrons. The zero-order chi connectivity index (χ0) is 18.4. The summed E-state index contributed by atoms with van der Waals surface area (Å²) < 4.78 is 0. The summed E-state index contributed by atoms with van der Waals surface area (Å²) in [5.41, 5.74) is 5.47. The van der Waals surface area contributed by atoms with Gasteiger partial charge in [-0.2, -0.15) is 0 Å². The summed E-state index contributed by atoms with van der Waals surface area (Å²) in [6.07, 6.45) is 15.2. The normalized spacial score (nSPS) is 13.0. The van der Waals surface area contributed by atoms with E-state index in [4.69, 9.17) is 0 Å². The molecule has 0 fully saturated rings. The van der Waals surface area contributed by atoms with Crippen molar-refractivity contribution in [3.05, 3.63) is 46.6 Å². The molecule has 2 heteroatoms. The van der Waals surface area contributed by atoms with E-state index in [1.807, 2.05) is 13.8 Å². The van der Waals surface area contributed by atoms with E-state index in [0.717, 1.165) is 44.1 Å². The van der Waals surface area contributed by atoms with Crippen molar-refractivity contribution in [1.29, 1.82) is 0 Å². The fourth-order valence-corrected chi connectivity index (χ4v) is 2.41. The molecule has 0 atom stereocenters. The number of amides is 1. The van der Waals surface area contributed by atoms with Gasteiger partial charge in [-0.3, -0.25) is 4.79 Å². The van der Waals surface area contributed by atoms with Crippen LogP contribution in [0.25, 0.3) is 0 Å². The van der Waals surface area contributed by atoms with E-state index in [0.29, 0.717) is 6.54 Å². The van der Waals surface area contributed by atoms with Crippen LogP contribution in [0, 0.1) is 0 Å². The van der Waals surface area contributed by atoms with Crippen molar-refractivity contribution in [3.63, 3.8) is 0 Å². The third-order valence-electron chi connectivity index (χ3n) is 3.88. The zero-order valence-corrected chi connectivity index (χ0v) is 16.7. The molecule has 0 saturated carbocycles. The SMILES string of the molecule is CCNC(=O)C=C(C)CCC=C(C)CCC=C(C)CCC=C(C)C. The molecule has 0 bridgehead atoms. The van der Waals surface area contributed by atoms with Gasteiger partial charge in [-0.15, -0.1) is 0 Å². The van der Waals surface area contributed by atoms with Crippen LogP contribution in [0.15, 0.2) is 46.6 Å². The van der Waals surface area contributed by atoms with Gasteiger partial charge in [0.15, 0.2) is 0 Å². The summed E-state index contributed by atoms with van der Waals surface area (Å²) in [5.74, 6) is 0.0180. The van der Waals surface area contributed by atoms with Crippen molar-refractivity contribution in [2.45, 2.75) is 80.1 Å². The summed E-state index contributed by atoms with van der Waals surface area (Å²) in [7, 11) is 0. The predicted octanol–water partition coefficient (Wildman–Crippen LogP) is 6.27. The minimum absolute atomic E-state index is 0.0180. The van der Waals surface area contributed by atoms with Crippen LogP contribution in [0.3, 0.4) is 0 Å². The van der Waals surface area contributed by atoms with E-state index in [2.05, 4.69) is 51.2 Å². The van der Waals surface area contributed by atoms with Gasteiger partial charge in [-0.05, 0) is 80.1 Å². The maximum absolute atomic E-state index is 11.5. The number of carbonyl (C=O) groups excluding carboxylic acids is 1. The fraction of sp³-hybridized carbons (Fsp3) is 0.591. The predicted molar refractivity (Wildman–Crippen MR) is 107 cm³/mol. The van der Waals surface area contributed by atoms with Gasteiger partial charge in [0.1, 0.15) is 0 Å². The van der Waals surface area contributed by atoms with Crippen molar-refractivity contribution in [2.24, 2.45) is 0 Å². The third-order valence-corrected chi connectivity index (χ3v) is 3.88. The lowest BCUT2D eigenvalue weighted by Gasteiger charge is -2.03. The monoisotopic (exact) mass is 331 g/mol. The minimum Gasteiger partial charge on any atom is -0.353 e. The Morgan fingerprint density at radius 3 is 1.67 bits per heavy atom. The second-order valence-electron chi connectivity index (χ2n) is 6.88. The van der Waals surface area contributed by atoms with Crippen molar-refractivity contribution in [3.8, 4) is 0 Å². The molecule has 0 aromatic carbocycles. The molecule has 0 rings (SSSR count). The standard InChI is InChI=1S/C22H37NO/c1-7-23-22(24)17-21(6)16-10-15-20(5)14-9-13-19(4)12-8-11-18(2)3/h11,13,15,17H,7-10,12,14,16H2,1-6H3,(H,23,24). The van der Waals surface area contributed by atoms with Crippen LogP contribution in [0.2, 0.25) is 0 Å². The molecule has 0 unspecified atom stereocenters. The number of hydrogen-bond donors (Lipinski definition) is 1. The molecule has 0 aliphatic rings. The average molecular weight is 332 g/mol. The van der Waals surface area contributed by atoms with E-state index in [9.17, 15) is 4.79 Å². The highest BCUT2D eigenvalue weighted by molar-refractivity contribution is 5.88. The Morgan fingerprint density at radius 2 is 1.21 bits per heavy atom. The Labute approximate surface area is 149 Å². The lowest BCUT2D eigenvalue weighted by atomic mass is 10.0. The second kappa shape index (κ2) is 13.8. The van der Waals surface area contributed by atoms with E-state index >= 15 is 0 Å². The van der Waals surface area contributed by atoms with Gasteiger partial charge < -0.3 is 5.32 Å². The number of likely N-dealkylation sites (N-methyl/N-ethyl adjacent to an activating group) is 1. The maximum Gasteiger partial charge on any atom is 0.243 e. The Bertz CT molecular complexity index is 488. The van der Waals surface area contributed by atoms with Crippen molar-refractivity contribution in [1.82, 2.24) is 5.32 Å². The highest BCUT2D eigenvalue weighted by Gasteiger charge is 1.96. The quantitative estimate of drug-likeness (QED) is 0.351. The molecular weight excluding hydrogens is 294 g/mol. The van der Waals surface area contributed by atoms with Gasteiger partial charge in [0.05, 0.1) is 0 Å². The zero-order valence-electron chi connectivity index (χ0n) is 16.7. The molecule has 24 heavy (non-hydrogen) atoms. The van der Waals surface area contributed by atoms with Crippen LogP contribution < -0.4 is 5.32 Å². The number of hydrogen-bond acceptors (Lipinski definition) is 1. The first-order chi connectivity index (χ1) is 11.3. The third kappa shape index (κ3) is 14.0. The van der Waals surface area contributed by atoms with Crippen LogP contribution in [-0.4, -0.2) is 12.5 Å². The van der Waals surface area contributed by atoms with Gasteiger partial charge in [0.25, 0.3) is 0 Å². The van der Waals surface area contributed by atoms with Gasteiger partial charge in [0, 0.05) is 12.6 Å². The summed E-state index contributed by atoms with van der Waals surface area (Å²) in [6.45, 7) is 13.4. The van der Waals surface area contributed by atoms with E-state index < -0.39 is 0 Å². The van der Waals surface area contributed by atoms with Crippen LogP contribution in [-0.2, 0) is 4.79 Å². The molecule has 0 aliphatic carbocycles. The second-order valence-corrected chi connectivity index (χ2v) is 6.88. The first-order valence-corrected chi connectivity index (χ1v) is 9.24. The Hall–Kier alpha value is -1.57. The average Bonchev–Trinajstić information content (AvgIpc) is 2.46. The van der Waals surface area contributed by atoms with Crippen molar-refractivity contribution in [2.75, 3.05) is 6.54 Å². The molecule has 0 spiro atoms. The number of allylic oxidation sites excluding steroid dienone is 7. The number of rotatable bonds is 11. The lowest BCUT2D eigenvalue weighted by molar-refractivity contribution is -0.116. The Balaban J connectivity index is 4.06. The van der Waals surface area contributed by atoms with Gasteiger partial charge in [-0.1, -0.05) is 40.5 Å². The molecule has 0 aliphatic heterocycles. The summed E-state index contributed by atoms with van der Waals surface area (Å²) in [5, 5.41) is 2.79. The topological polar surface area (TPSA) is 29.1 Å². The van der Waals surface area contributed by atoms with Crippen LogP contribution in [0.1, 0.15) is 80.1 Å². The number of nitrogens with one attached hydrogen (secondary N) is 1. The molecule has 0 heterocycles. The van der Waals surface area contributed by atoms with Crippen LogP contribution >= 0.6 is 0 Å². The highest BCUT2D eigenvalue weighted by atomic mass is 16.1. The Morgan fingerprint density at radius 1 is 0.750 bits per heavy atom. The van der Waals surface area contributed by atoms with Gasteiger partial charge in [-0.25, -0.2) is 0 Å². The van der Waals surface area contributed by atoms with E-state index in [1.165, 1.54) is 16.7 Å². The highest BCUT2D eigenvalue weighted by Crippen LogP contribution is 2.13. The van der Waals surface area contributed by atoms with E-state index in [-0.39, 0.29) is 5.91 Å². The van der Waals surface area contributed by atoms with Crippen LogP contribution in [0.5, 0.6) is 0 Å².